The summed E-state index contributed by atoms with van der Waals surface area (Å²) in [5.74, 6) is -0.729. The predicted molar refractivity (Wildman–Crippen MR) is 77.5 cm³/mol. The lowest BCUT2D eigenvalue weighted by molar-refractivity contribution is -0.149. The Bertz CT molecular complexity index is 543. The molecular weight excluding hydrogens is 250 g/mol. The maximum atomic E-state index is 11.3. The highest BCUT2D eigenvalue weighted by atomic mass is 16.4. The van der Waals surface area contributed by atoms with Crippen molar-refractivity contribution in [3.8, 4) is 0 Å². The lowest BCUT2D eigenvalue weighted by atomic mass is 9.91. The van der Waals surface area contributed by atoms with Crippen LogP contribution in [0.25, 0.3) is 0 Å². The molecule has 0 spiro atoms. The molecule has 0 saturated carbocycles. The van der Waals surface area contributed by atoms with Gasteiger partial charge in [-0.3, -0.25) is 9.69 Å². The lowest BCUT2D eigenvalue weighted by Crippen LogP contribution is -2.53. The van der Waals surface area contributed by atoms with Gasteiger partial charge in [0, 0.05) is 6.54 Å². The minimum absolute atomic E-state index is 0.0206. The van der Waals surface area contributed by atoms with Gasteiger partial charge < -0.3 is 5.11 Å². The minimum atomic E-state index is -0.729. The van der Waals surface area contributed by atoms with Crippen LogP contribution >= 0.6 is 0 Å². The van der Waals surface area contributed by atoms with Crippen LogP contribution in [0.1, 0.15) is 23.6 Å². The molecule has 1 aliphatic rings. The summed E-state index contributed by atoms with van der Waals surface area (Å²) in [5.41, 5.74) is 2.29. The van der Waals surface area contributed by atoms with E-state index in [9.17, 15) is 9.90 Å². The number of hydrogen-bond acceptors (Lipinski definition) is 2. The highest BCUT2D eigenvalue weighted by molar-refractivity contribution is 5.74. The molecule has 1 aliphatic heterocycles. The standard InChI is InChI=1S/C17H17NO2/c19-17(20)15-11-12-18(15)16(13-7-3-1-4-8-13)14-9-5-2-6-10-14/h1-10,15-16H,11-12H2,(H,19,20)/t15-/m1/s1. The van der Waals surface area contributed by atoms with Gasteiger partial charge in [0.15, 0.2) is 0 Å². The van der Waals surface area contributed by atoms with E-state index >= 15 is 0 Å². The van der Waals surface area contributed by atoms with Gasteiger partial charge in [-0.2, -0.15) is 0 Å². The Morgan fingerprint density at radius 3 is 1.85 bits per heavy atom. The van der Waals surface area contributed by atoms with Crippen LogP contribution in [0.15, 0.2) is 60.7 Å². The van der Waals surface area contributed by atoms with Gasteiger partial charge in [0.25, 0.3) is 0 Å². The molecule has 1 N–H and O–H groups in total. The van der Waals surface area contributed by atoms with E-state index in [0.29, 0.717) is 0 Å². The Balaban J connectivity index is 1.99. The molecule has 1 saturated heterocycles. The van der Waals surface area contributed by atoms with Crippen LogP contribution in [0.4, 0.5) is 0 Å². The van der Waals surface area contributed by atoms with Crippen molar-refractivity contribution in [1.29, 1.82) is 0 Å². The van der Waals surface area contributed by atoms with Gasteiger partial charge >= 0.3 is 5.97 Å². The molecule has 0 radical (unpaired) electrons. The van der Waals surface area contributed by atoms with Crippen LogP contribution in [0.5, 0.6) is 0 Å². The van der Waals surface area contributed by atoms with Gasteiger partial charge in [-0.05, 0) is 17.5 Å². The monoisotopic (exact) mass is 267 g/mol. The summed E-state index contributed by atoms with van der Waals surface area (Å²) in [6.45, 7) is 0.825. The first-order valence-electron chi connectivity index (χ1n) is 6.86. The number of carboxylic acids is 1. The van der Waals surface area contributed by atoms with Gasteiger partial charge in [0.1, 0.15) is 6.04 Å². The summed E-state index contributed by atoms with van der Waals surface area (Å²) in [6.07, 6.45) is 0.728. The molecule has 20 heavy (non-hydrogen) atoms. The largest absolute Gasteiger partial charge is 0.480 e. The van der Waals surface area contributed by atoms with Crippen molar-refractivity contribution >= 4 is 5.97 Å². The molecule has 3 nitrogen and oxygen atoms in total. The van der Waals surface area contributed by atoms with E-state index < -0.39 is 5.97 Å². The molecular formula is C17H17NO2. The number of carboxylic acid groups (broad SMARTS) is 1. The van der Waals surface area contributed by atoms with Gasteiger partial charge in [0.2, 0.25) is 0 Å². The van der Waals surface area contributed by atoms with E-state index in [2.05, 4.69) is 29.2 Å². The molecule has 2 aromatic carbocycles. The first-order chi connectivity index (χ1) is 9.77. The quantitative estimate of drug-likeness (QED) is 0.926. The van der Waals surface area contributed by atoms with Crippen LogP contribution in [-0.4, -0.2) is 28.6 Å². The maximum Gasteiger partial charge on any atom is 0.320 e. The number of carbonyl (C=O) groups is 1. The molecule has 0 aliphatic carbocycles. The van der Waals surface area contributed by atoms with E-state index in [1.54, 1.807) is 0 Å². The third kappa shape index (κ3) is 2.32. The Morgan fingerprint density at radius 2 is 1.50 bits per heavy atom. The number of hydrogen-bond donors (Lipinski definition) is 1. The Labute approximate surface area is 118 Å². The number of likely N-dealkylation sites (tertiary alicyclic amines) is 1. The first-order valence-corrected chi connectivity index (χ1v) is 6.86. The summed E-state index contributed by atoms with van der Waals surface area (Å²) >= 11 is 0. The second-order valence-electron chi connectivity index (χ2n) is 5.10. The van der Waals surface area contributed by atoms with Gasteiger partial charge in [0.05, 0.1) is 6.04 Å². The maximum absolute atomic E-state index is 11.3. The number of aliphatic carboxylic acids is 1. The summed E-state index contributed by atoms with van der Waals surface area (Å²) < 4.78 is 0. The van der Waals surface area contributed by atoms with Gasteiger partial charge in [-0.1, -0.05) is 60.7 Å². The molecule has 3 heteroatoms. The number of benzene rings is 2. The Hall–Kier alpha value is -2.13. The van der Waals surface area contributed by atoms with Crippen LogP contribution in [0.2, 0.25) is 0 Å². The topological polar surface area (TPSA) is 40.5 Å². The molecule has 0 bridgehead atoms. The SMILES string of the molecule is O=C(O)[C@H]1CCN1C(c1ccccc1)c1ccccc1. The smallest absolute Gasteiger partial charge is 0.320 e. The van der Waals surface area contributed by atoms with Crippen molar-refractivity contribution < 1.29 is 9.90 Å². The Kier molecular flexibility index (Phi) is 3.52. The molecule has 1 heterocycles. The first kappa shape index (κ1) is 12.9. The van der Waals surface area contributed by atoms with Crippen molar-refractivity contribution in [2.75, 3.05) is 6.54 Å². The molecule has 2 aromatic rings. The van der Waals surface area contributed by atoms with Crippen LogP contribution in [0.3, 0.4) is 0 Å². The van der Waals surface area contributed by atoms with E-state index in [0.717, 1.165) is 24.1 Å². The van der Waals surface area contributed by atoms with Crippen molar-refractivity contribution in [2.45, 2.75) is 18.5 Å². The zero-order valence-corrected chi connectivity index (χ0v) is 11.1. The fourth-order valence-electron chi connectivity index (χ4n) is 2.83. The van der Waals surface area contributed by atoms with Crippen molar-refractivity contribution in [3.63, 3.8) is 0 Å². The second kappa shape index (κ2) is 5.47. The number of rotatable bonds is 4. The summed E-state index contributed by atoms with van der Waals surface area (Å²) in [4.78, 5) is 13.4. The average Bonchev–Trinajstić information content (AvgIpc) is 2.44. The minimum Gasteiger partial charge on any atom is -0.480 e. The van der Waals surface area contributed by atoms with E-state index in [4.69, 9.17) is 0 Å². The van der Waals surface area contributed by atoms with E-state index in [1.807, 2.05) is 36.4 Å². The van der Waals surface area contributed by atoms with Crippen molar-refractivity contribution in [3.05, 3.63) is 71.8 Å². The fourth-order valence-corrected chi connectivity index (χ4v) is 2.83. The van der Waals surface area contributed by atoms with Gasteiger partial charge in [-0.15, -0.1) is 0 Å². The lowest BCUT2D eigenvalue weighted by Gasteiger charge is -2.44. The molecule has 102 valence electrons. The second-order valence-corrected chi connectivity index (χ2v) is 5.10. The van der Waals surface area contributed by atoms with Crippen LogP contribution in [-0.2, 0) is 4.79 Å². The van der Waals surface area contributed by atoms with Crippen molar-refractivity contribution in [1.82, 2.24) is 4.90 Å². The third-order valence-corrected chi connectivity index (χ3v) is 3.91. The normalized spacial score (nSPS) is 18.8. The van der Waals surface area contributed by atoms with E-state index in [1.165, 1.54) is 0 Å². The number of nitrogens with zero attached hydrogens (tertiary/aromatic N) is 1. The Morgan fingerprint density at radius 1 is 1.00 bits per heavy atom. The zero-order valence-electron chi connectivity index (χ0n) is 11.1. The van der Waals surface area contributed by atoms with Crippen LogP contribution < -0.4 is 0 Å². The van der Waals surface area contributed by atoms with Crippen LogP contribution in [0, 0.1) is 0 Å². The molecule has 1 atom stereocenters. The fraction of sp³-hybridized carbons (Fsp3) is 0.235. The molecule has 0 unspecified atom stereocenters. The molecule has 1 fully saturated rings. The molecule has 0 aromatic heterocycles. The van der Waals surface area contributed by atoms with E-state index in [-0.39, 0.29) is 12.1 Å². The predicted octanol–water partition coefficient (Wildman–Crippen LogP) is 2.93. The average molecular weight is 267 g/mol. The highest BCUT2D eigenvalue weighted by Crippen LogP contribution is 2.35. The third-order valence-electron chi connectivity index (χ3n) is 3.91. The van der Waals surface area contributed by atoms with Gasteiger partial charge in [-0.25, -0.2) is 0 Å². The highest BCUT2D eigenvalue weighted by Gasteiger charge is 2.39. The molecule has 3 rings (SSSR count). The molecule has 0 amide bonds. The summed E-state index contributed by atoms with van der Waals surface area (Å²) in [6, 6.07) is 19.9. The van der Waals surface area contributed by atoms with Crippen molar-refractivity contribution in [2.24, 2.45) is 0 Å². The summed E-state index contributed by atoms with van der Waals surface area (Å²) in [7, 11) is 0. The zero-order chi connectivity index (χ0) is 13.9. The summed E-state index contributed by atoms with van der Waals surface area (Å²) in [5, 5.41) is 9.30.